The Balaban J connectivity index is 2.08. The topological polar surface area (TPSA) is 27.1 Å². The summed E-state index contributed by atoms with van der Waals surface area (Å²) in [5.41, 5.74) is 0. The minimum atomic E-state index is -0.302. The summed E-state index contributed by atoms with van der Waals surface area (Å²) >= 11 is 0. The second kappa shape index (κ2) is 3.23. The van der Waals surface area contributed by atoms with E-state index < -0.39 is 0 Å². The number of ether oxygens (including phenoxy) is 1. The fourth-order valence-corrected chi connectivity index (χ4v) is 1.40. The van der Waals surface area contributed by atoms with Crippen LogP contribution >= 0.6 is 0 Å². The lowest BCUT2D eigenvalue weighted by Gasteiger charge is -2.22. The summed E-state index contributed by atoms with van der Waals surface area (Å²) in [6.07, 6.45) is 5.69. The van der Waals surface area contributed by atoms with Gasteiger partial charge < -0.3 is 4.74 Å². The molecule has 1 aromatic heterocycles. The largest absolute Gasteiger partial charge is 0.357 e. The number of hydrogen-bond acceptors (Lipinski definition) is 2. The Bertz CT molecular complexity index is 255. The second-order valence-corrected chi connectivity index (χ2v) is 2.96. The first-order valence-electron chi connectivity index (χ1n) is 4.17. The van der Waals surface area contributed by atoms with Crippen molar-refractivity contribution in [3.8, 4) is 0 Å². The fourth-order valence-electron chi connectivity index (χ4n) is 1.40. The molecule has 2 heterocycles. The third kappa shape index (κ3) is 1.48. The van der Waals surface area contributed by atoms with Crippen molar-refractivity contribution >= 4 is 0 Å². The van der Waals surface area contributed by atoms with Crippen molar-refractivity contribution in [3.05, 3.63) is 18.2 Å². The van der Waals surface area contributed by atoms with Gasteiger partial charge in [0.15, 0.2) is 5.82 Å². The summed E-state index contributed by atoms with van der Waals surface area (Å²) in [6.45, 7) is 0.756. The van der Waals surface area contributed by atoms with E-state index in [1.165, 1.54) is 12.4 Å². The molecular weight excluding hydrogens is 159 g/mol. The highest BCUT2D eigenvalue weighted by Crippen LogP contribution is 2.21. The molecule has 0 amide bonds. The van der Waals surface area contributed by atoms with Crippen molar-refractivity contribution in [3.63, 3.8) is 0 Å². The first-order chi connectivity index (χ1) is 5.86. The molecule has 0 aromatic carbocycles. The lowest BCUT2D eigenvalue weighted by Crippen LogP contribution is -2.18. The van der Waals surface area contributed by atoms with Crippen LogP contribution in [0.5, 0.6) is 0 Å². The maximum Gasteiger partial charge on any atom is 0.161 e. The quantitative estimate of drug-likeness (QED) is 0.641. The van der Waals surface area contributed by atoms with Crippen LogP contribution in [0.3, 0.4) is 0 Å². The van der Waals surface area contributed by atoms with Crippen molar-refractivity contribution in [1.29, 1.82) is 0 Å². The van der Waals surface area contributed by atoms with Crippen LogP contribution in [0.25, 0.3) is 0 Å². The molecule has 1 fully saturated rings. The van der Waals surface area contributed by atoms with Gasteiger partial charge in [-0.15, -0.1) is 0 Å². The Hall–Kier alpha value is -0.900. The highest BCUT2D eigenvalue weighted by atomic mass is 19.1. The van der Waals surface area contributed by atoms with E-state index in [1.54, 1.807) is 4.68 Å². The van der Waals surface area contributed by atoms with E-state index in [-0.39, 0.29) is 12.0 Å². The third-order valence-corrected chi connectivity index (χ3v) is 2.02. The van der Waals surface area contributed by atoms with E-state index in [4.69, 9.17) is 4.74 Å². The predicted octanol–water partition coefficient (Wildman–Crippen LogP) is 1.72. The maximum absolute atomic E-state index is 12.5. The molecule has 66 valence electrons. The normalized spacial score (nSPS) is 24.2. The molecule has 12 heavy (non-hydrogen) atoms. The first-order valence-corrected chi connectivity index (χ1v) is 4.17. The molecule has 1 aromatic rings. The van der Waals surface area contributed by atoms with Gasteiger partial charge in [0, 0.05) is 6.61 Å². The summed E-state index contributed by atoms with van der Waals surface area (Å²) in [5, 5.41) is 3.86. The van der Waals surface area contributed by atoms with Gasteiger partial charge in [-0.1, -0.05) is 0 Å². The van der Waals surface area contributed by atoms with Gasteiger partial charge >= 0.3 is 0 Å². The van der Waals surface area contributed by atoms with Crippen LogP contribution in [-0.4, -0.2) is 16.4 Å². The summed E-state index contributed by atoms with van der Waals surface area (Å²) < 4.78 is 19.5. The minimum Gasteiger partial charge on any atom is -0.357 e. The van der Waals surface area contributed by atoms with Crippen LogP contribution < -0.4 is 0 Å². The molecule has 1 saturated heterocycles. The molecule has 0 spiro atoms. The molecule has 0 aliphatic carbocycles. The van der Waals surface area contributed by atoms with Gasteiger partial charge in [0.25, 0.3) is 0 Å². The molecule has 1 aliphatic rings. The molecular formula is C8H11FN2O. The van der Waals surface area contributed by atoms with Crippen molar-refractivity contribution < 1.29 is 9.13 Å². The summed E-state index contributed by atoms with van der Waals surface area (Å²) in [5.74, 6) is -0.302. The zero-order valence-corrected chi connectivity index (χ0v) is 6.74. The molecule has 2 rings (SSSR count). The molecule has 0 radical (unpaired) electrons. The van der Waals surface area contributed by atoms with Gasteiger partial charge in [0.05, 0.1) is 12.4 Å². The van der Waals surface area contributed by atoms with Crippen LogP contribution in [0, 0.1) is 5.82 Å². The van der Waals surface area contributed by atoms with Crippen molar-refractivity contribution in [2.75, 3.05) is 6.61 Å². The molecule has 1 aliphatic heterocycles. The Kier molecular flexibility index (Phi) is 2.08. The number of nitrogens with zero attached hydrogens (tertiary/aromatic N) is 2. The molecule has 0 unspecified atom stereocenters. The maximum atomic E-state index is 12.5. The van der Waals surface area contributed by atoms with E-state index in [2.05, 4.69) is 5.10 Å². The monoisotopic (exact) mass is 170 g/mol. The van der Waals surface area contributed by atoms with E-state index in [1.807, 2.05) is 0 Å². The smallest absolute Gasteiger partial charge is 0.161 e. The Morgan fingerprint density at radius 2 is 2.50 bits per heavy atom. The molecule has 0 N–H and O–H groups in total. The number of halogens is 1. The highest BCUT2D eigenvalue weighted by Gasteiger charge is 2.16. The molecule has 4 heteroatoms. The van der Waals surface area contributed by atoms with Gasteiger partial charge in [0.2, 0.25) is 0 Å². The van der Waals surface area contributed by atoms with Gasteiger partial charge in [-0.3, -0.25) is 0 Å². The molecule has 3 nitrogen and oxygen atoms in total. The van der Waals surface area contributed by atoms with E-state index in [9.17, 15) is 4.39 Å². The fraction of sp³-hybridized carbons (Fsp3) is 0.625. The highest BCUT2D eigenvalue weighted by molar-refractivity contribution is 4.85. The van der Waals surface area contributed by atoms with Crippen LogP contribution in [0.15, 0.2) is 12.4 Å². The van der Waals surface area contributed by atoms with Gasteiger partial charge in [0.1, 0.15) is 6.23 Å². The average molecular weight is 170 g/mol. The van der Waals surface area contributed by atoms with Crippen LogP contribution in [-0.2, 0) is 4.74 Å². The van der Waals surface area contributed by atoms with Gasteiger partial charge in [-0.05, 0) is 19.3 Å². The predicted molar refractivity (Wildman–Crippen MR) is 41.0 cm³/mol. The van der Waals surface area contributed by atoms with Gasteiger partial charge in [-0.2, -0.15) is 5.10 Å². The summed E-state index contributed by atoms with van der Waals surface area (Å²) in [4.78, 5) is 0. The van der Waals surface area contributed by atoms with Crippen molar-refractivity contribution in [2.24, 2.45) is 0 Å². The first kappa shape index (κ1) is 7.73. The van der Waals surface area contributed by atoms with Crippen molar-refractivity contribution in [1.82, 2.24) is 9.78 Å². The molecule has 0 saturated carbocycles. The molecule has 0 bridgehead atoms. The van der Waals surface area contributed by atoms with E-state index in [0.29, 0.717) is 0 Å². The Labute approximate surface area is 70.1 Å². The second-order valence-electron chi connectivity index (χ2n) is 2.96. The van der Waals surface area contributed by atoms with Gasteiger partial charge in [-0.25, -0.2) is 9.07 Å². The standard InChI is InChI=1S/C8H11FN2O/c9-7-5-10-11(6-7)8-3-1-2-4-12-8/h5-6,8H,1-4H2/t8-/m0/s1. The van der Waals surface area contributed by atoms with E-state index in [0.717, 1.165) is 25.9 Å². The Morgan fingerprint density at radius 3 is 3.08 bits per heavy atom. The van der Waals surface area contributed by atoms with Crippen LogP contribution in [0.4, 0.5) is 4.39 Å². The van der Waals surface area contributed by atoms with Crippen LogP contribution in [0.1, 0.15) is 25.5 Å². The van der Waals surface area contributed by atoms with Crippen LogP contribution in [0.2, 0.25) is 0 Å². The number of hydrogen-bond donors (Lipinski definition) is 0. The number of aromatic nitrogens is 2. The SMILES string of the molecule is Fc1cnn([C@@H]2CCCCO2)c1. The summed E-state index contributed by atoms with van der Waals surface area (Å²) in [6, 6.07) is 0. The third-order valence-electron chi connectivity index (χ3n) is 2.02. The minimum absolute atomic E-state index is 0.0525. The zero-order valence-electron chi connectivity index (χ0n) is 6.74. The summed E-state index contributed by atoms with van der Waals surface area (Å²) in [7, 11) is 0. The average Bonchev–Trinajstić information content (AvgIpc) is 2.54. The molecule has 1 atom stereocenters. The lowest BCUT2D eigenvalue weighted by atomic mass is 10.2. The van der Waals surface area contributed by atoms with Crippen molar-refractivity contribution in [2.45, 2.75) is 25.5 Å². The number of rotatable bonds is 1. The van der Waals surface area contributed by atoms with E-state index >= 15 is 0 Å². The zero-order chi connectivity index (χ0) is 8.39. The lowest BCUT2D eigenvalue weighted by molar-refractivity contribution is -0.0396. The Morgan fingerprint density at radius 1 is 1.58 bits per heavy atom.